The van der Waals surface area contributed by atoms with Gasteiger partial charge in [0.1, 0.15) is 17.2 Å². The summed E-state index contributed by atoms with van der Waals surface area (Å²) in [6.07, 6.45) is 1.66. The molecule has 0 aliphatic carbocycles. The van der Waals surface area contributed by atoms with Gasteiger partial charge in [0.25, 0.3) is 0 Å². The van der Waals surface area contributed by atoms with Crippen molar-refractivity contribution >= 4 is 0 Å². The third-order valence-electron chi connectivity index (χ3n) is 5.67. The van der Waals surface area contributed by atoms with Crippen molar-refractivity contribution < 1.29 is 23.7 Å². The van der Waals surface area contributed by atoms with Gasteiger partial charge in [-0.25, -0.2) is 0 Å². The van der Waals surface area contributed by atoms with Gasteiger partial charge < -0.3 is 23.7 Å². The molecule has 0 fully saturated rings. The first-order valence-electron chi connectivity index (χ1n) is 10.2. The Bertz CT molecular complexity index is 899. The molecule has 8 heteroatoms. The van der Waals surface area contributed by atoms with Gasteiger partial charge >= 0.3 is 0 Å². The Morgan fingerprint density at radius 1 is 1.06 bits per heavy atom. The maximum Gasteiger partial charge on any atom is 0.188 e. The number of rotatable bonds is 11. The fraction of sp³-hybridized carbons (Fsp3) is 0.478. The summed E-state index contributed by atoms with van der Waals surface area (Å²) in [6, 6.07) is 14.0. The van der Waals surface area contributed by atoms with E-state index < -0.39 is 0 Å². The predicted molar refractivity (Wildman–Crippen MR) is 117 cm³/mol. The summed E-state index contributed by atoms with van der Waals surface area (Å²) in [6.45, 7) is 3.61. The summed E-state index contributed by atoms with van der Waals surface area (Å²) >= 11 is 0. The minimum Gasteiger partial charge on any atom is -0.492 e. The number of ether oxygens (including phenoxy) is 5. The highest BCUT2D eigenvalue weighted by Gasteiger charge is 2.42. The Balaban J connectivity index is 1.90. The SMILES string of the molecule is COCOc1ccc(C2(C)COc3cc(OCOC)ccc3C2CCCN=[N+]=[N-])cc1. The Hall–Kier alpha value is -2.93. The summed E-state index contributed by atoms with van der Waals surface area (Å²) in [5, 5.41) is 3.71. The Labute approximate surface area is 182 Å². The molecular weight excluding hydrogens is 398 g/mol. The van der Waals surface area contributed by atoms with E-state index >= 15 is 0 Å². The first-order valence-corrected chi connectivity index (χ1v) is 10.2. The van der Waals surface area contributed by atoms with Crippen LogP contribution in [0.2, 0.25) is 0 Å². The van der Waals surface area contributed by atoms with Gasteiger partial charge in [-0.1, -0.05) is 30.2 Å². The largest absolute Gasteiger partial charge is 0.492 e. The standard InChI is InChI=1S/C23H29N3O5/c1-23(17-6-8-18(9-7-17)30-15-27-2)14-29-22-13-19(31-16-28-3)10-11-20(22)21(23)5-4-12-25-26-24/h6-11,13,21H,4-5,12,14-16H2,1-3H3. The molecule has 0 spiro atoms. The lowest BCUT2D eigenvalue weighted by molar-refractivity contribution is 0.0505. The van der Waals surface area contributed by atoms with E-state index in [1.807, 2.05) is 24.3 Å². The number of hydrogen-bond donors (Lipinski definition) is 0. The zero-order valence-electron chi connectivity index (χ0n) is 18.2. The molecule has 0 bridgehead atoms. The molecule has 1 aliphatic heterocycles. The van der Waals surface area contributed by atoms with Gasteiger partial charge in [0.15, 0.2) is 13.6 Å². The molecule has 0 N–H and O–H groups in total. The van der Waals surface area contributed by atoms with Gasteiger partial charge in [-0.3, -0.25) is 0 Å². The van der Waals surface area contributed by atoms with Crippen molar-refractivity contribution in [1.82, 2.24) is 0 Å². The maximum atomic E-state index is 8.62. The van der Waals surface area contributed by atoms with Crippen LogP contribution in [0.15, 0.2) is 47.6 Å². The van der Waals surface area contributed by atoms with E-state index in [1.165, 1.54) is 0 Å². The Morgan fingerprint density at radius 2 is 1.74 bits per heavy atom. The van der Waals surface area contributed by atoms with Crippen molar-refractivity contribution in [2.24, 2.45) is 5.11 Å². The molecule has 2 aromatic carbocycles. The molecule has 0 amide bonds. The second-order valence-corrected chi connectivity index (χ2v) is 7.68. The van der Waals surface area contributed by atoms with Crippen LogP contribution in [-0.4, -0.2) is 41.0 Å². The van der Waals surface area contributed by atoms with Crippen molar-refractivity contribution in [3.05, 3.63) is 64.0 Å². The van der Waals surface area contributed by atoms with Gasteiger partial charge in [-0.15, -0.1) is 0 Å². The number of fused-ring (bicyclic) bond motifs is 1. The molecule has 8 nitrogen and oxygen atoms in total. The van der Waals surface area contributed by atoms with E-state index in [-0.39, 0.29) is 24.9 Å². The minimum atomic E-state index is -0.252. The monoisotopic (exact) mass is 427 g/mol. The van der Waals surface area contributed by atoms with Crippen molar-refractivity contribution in [3.63, 3.8) is 0 Å². The first-order chi connectivity index (χ1) is 15.1. The van der Waals surface area contributed by atoms with Crippen molar-refractivity contribution in [2.75, 3.05) is 41.0 Å². The lowest BCUT2D eigenvalue weighted by Crippen LogP contribution is -2.40. The fourth-order valence-corrected chi connectivity index (χ4v) is 4.04. The van der Waals surface area contributed by atoms with Crippen LogP contribution in [0.25, 0.3) is 10.4 Å². The molecule has 0 saturated heterocycles. The lowest BCUT2D eigenvalue weighted by atomic mass is 9.66. The lowest BCUT2D eigenvalue weighted by Gasteiger charge is -2.43. The van der Waals surface area contributed by atoms with Gasteiger partial charge in [0, 0.05) is 43.1 Å². The van der Waals surface area contributed by atoms with E-state index in [2.05, 4.69) is 35.1 Å². The third-order valence-corrected chi connectivity index (χ3v) is 5.67. The molecule has 3 rings (SSSR count). The van der Waals surface area contributed by atoms with Gasteiger partial charge in [-0.05, 0) is 47.7 Å². The highest BCUT2D eigenvalue weighted by atomic mass is 16.7. The van der Waals surface area contributed by atoms with Crippen LogP contribution < -0.4 is 14.2 Å². The highest BCUT2D eigenvalue weighted by molar-refractivity contribution is 5.48. The van der Waals surface area contributed by atoms with Crippen LogP contribution in [-0.2, 0) is 14.9 Å². The third kappa shape index (κ3) is 5.41. The van der Waals surface area contributed by atoms with Crippen LogP contribution in [0.1, 0.15) is 36.8 Å². The average molecular weight is 428 g/mol. The number of hydrogen-bond acceptors (Lipinski definition) is 6. The molecule has 31 heavy (non-hydrogen) atoms. The molecule has 2 aromatic rings. The second kappa shape index (κ2) is 10.9. The normalized spacial score (nSPS) is 19.6. The average Bonchev–Trinajstić information content (AvgIpc) is 2.80. The first kappa shape index (κ1) is 22.7. The molecule has 166 valence electrons. The smallest absolute Gasteiger partial charge is 0.188 e. The van der Waals surface area contributed by atoms with Gasteiger partial charge in [0.2, 0.25) is 0 Å². The van der Waals surface area contributed by atoms with E-state index in [0.29, 0.717) is 18.9 Å². The highest BCUT2D eigenvalue weighted by Crippen LogP contribution is 2.49. The van der Waals surface area contributed by atoms with E-state index in [9.17, 15) is 0 Å². The quantitative estimate of drug-likeness (QED) is 0.162. The summed E-state index contributed by atoms with van der Waals surface area (Å²) in [5.41, 5.74) is 10.7. The summed E-state index contributed by atoms with van der Waals surface area (Å²) < 4.78 is 27.3. The minimum absolute atomic E-state index is 0.184. The Morgan fingerprint density at radius 3 is 2.42 bits per heavy atom. The summed E-state index contributed by atoms with van der Waals surface area (Å²) in [4.78, 5) is 2.88. The van der Waals surface area contributed by atoms with Crippen molar-refractivity contribution in [3.8, 4) is 17.2 Å². The fourth-order valence-electron chi connectivity index (χ4n) is 4.04. The molecular formula is C23H29N3O5. The Kier molecular flexibility index (Phi) is 8.00. The van der Waals surface area contributed by atoms with E-state index in [0.717, 1.165) is 35.5 Å². The summed E-state index contributed by atoms with van der Waals surface area (Å²) in [5.74, 6) is 2.47. The van der Waals surface area contributed by atoms with Gasteiger partial charge in [0.05, 0.1) is 6.61 Å². The molecule has 2 unspecified atom stereocenters. The summed E-state index contributed by atoms with van der Waals surface area (Å²) in [7, 11) is 3.19. The molecule has 0 aromatic heterocycles. The molecule has 0 saturated carbocycles. The van der Waals surface area contributed by atoms with Crippen LogP contribution in [0, 0.1) is 0 Å². The maximum absolute atomic E-state index is 8.62. The molecule has 0 radical (unpaired) electrons. The predicted octanol–water partition coefficient (Wildman–Crippen LogP) is 5.18. The number of benzene rings is 2. The zero-order chi connectivity index (χ0) is 22.1. The zero-order valence-corrected chi connectivity index (χ0v) is 18.2. The van der Waals surface area contributed by atoms with Crippen molar-refractivity contribution in [2.45, 2.75) is 31.1 Å². The second-order valence-electron chi connectivity index (χ2n) is 7.68. The van der Waals surface area contributed by atoms with Crippen LogP contribution >= 0.6 is 0 Å². The molecule has 1 heterocycles. The van der Waals surface area contributed by atoms with E-state index in [4.69, 9.17) is 29.2 Å². The van der Waals surface area contributed by atoms with E-state index in [1.54, 1.807) is 14.2 Å². The van der Waals surface area contributed by atoms with Crippen LogP contribution in [0.5, 0.6) is 17.2 Å². The topological polar surface area (TPSA) is 94.9 Å². The molecule has 1 aliphatic rings. The van der Waals surface area contributed by atoms with Crippen LogP contribution in [0.3, 0.4) is 0 Å². The number of azide groups is 1. The number of methoxy groups -OCH3 is 2. The molecule has 2 atom stereocenters. The number of nitrogens with zero attached hydrogens (tertiary/aromatic N) is 3. The van der Waals surface area contributed by atoms with Crippen molar-refractivity contribution in [1.29, 1.82) is 0 Å². The van der Waals surface area contributed by atoms with Gasteiger partial charge in [-0.2, -0.15) is 0 Å². The van der Waals surface area contributed by atoms with Crippen LogP contribution in [0.4, 0.5) is 0 Å².